The van der Waals surface area contributed by atoms with Crippen LogP contribution in [-0.2, 0) is 6.54 Å². The van der Waals surface area contributed by atoms with Crippen LogP contribution in [0.3, 0.4) is 0 Å². The highest BCUT2D eigenvalue weighted by atomic mass is 16.5. The molecule has 2 heteroatoms. The first-order chi connectivity index (χ1) is 6.64. The van der Waals surface area contributed by atoms with Gasteiger partial charge < -0.3 is 9.85 Å². The predicted molar refractivity (Wildman–Crippen MR) is 53.4 cm³/mol. The Labute approximate surface area is 80.4 Å². The van der Waals surface area contributed by atoms with E-state index in [1.807, 2.05) is 36.7 Å². The molecule has 0 aliphatic carbocycles. The molecule has 13 heavy (non-hydrogen) atoms. The van der Waals surface area contributed by atoms with Crippen LogP contribution < -0.4 is 0 Å². The fourth-order valence-electron chi connectivity index (χ4n) is 1.19. The van der Waals surface area contributed by atoms with Gasteiger partial charge in [-0.1, -0.05) is 30.3 Å². The molecule has 0 saturated carbocycles. The topological polar surface area (TPSA) is 23.1 Å². The van der Waals surface area contributed by atoms with Gasteiger partial charge in [0.2, 0.25) is 0 Å². The van der Waals surface area contributed by atoms with Crippen molar-refractivity contribution in [2.45, 2.75) is 6.54 Å². The number of nitrogens with zero attached hydrogens (tertiary/aromatic N) is 1. The average Bonchev–Trinajstić information content (AvgIpc) is 2.16. The lowest BCUT2D eigenvalue weighted by molar-refractivity contribution is -0.866. The van der Waals surface area contributed by atoms with Gasteiger partial charge >= 0.3 is 0 Å². The standard InChI is InChI=1S/C11H13NO/c1-3-9-12(2,13)10-11-7-5-4-6-8-11/h1,4-8H,9-10H2,2H3/i1D. The van der Waals surface area contributed by atoms with Gasteiger partial charge in [0.05, 0.1) is 7.05 Å². The van der Waals surface area contributed by atoms with Crippen molar-refractivity contribution in [3.63, 3.8) is 0 Å². The van der Waals surface area contributed by atoms with Crippen LogP contribution in [0.4, 0.5) is 0 Å². The normalized spacial score (nSPS) is 15.1. The maximum absolute atomic E-state index is 11.8. The number of terminal acetylenes is 1. The zero-order chi connectivity index (χ0) is 10.4. The fourth-order valence-corrected chi connectivity index (χ4v) is 1.19. The summed E-state index contributed by atoms with van der Waals surface area (Å²) in [5.41, 5.74) is 0.997. The molecule has 0 N–H and O–H groups in total. The van der Waals surface area contributed by atoms with E-state index in [4.69, 9.17) is 1.37 Å². The van der Waals surface area contributed by atoms with E-state index in [-0.39, 0.29) is 6.54 Å². The Kier molecular flexibility index (Phi) is 2.61. The van der Waals surface area contributed by atoms with Gasteiger partial charge in [-0.25, -0.2) is 0 Å². The molecule has 1 aromatic rings. The number of rotatable bonds is 3. The minimum absolute atomic E-state index is 0.165. The van der Waals surface area contributed by atoms with Crippen molar-refractivity contribution in [3.8, 4) is 12.3 Å². The second-order valence-corrected chi connectivity index (χ2v) is 3.28. The lowest BCUT2D eigenvalue weighted by Crippen LogP contribution is -2.36. The molecule has 0 heterocycles. The molecule has 0 bridgehead atoms. The Morgan fingerprint density at radius 3 is 2.85 bits per heavy atom. The third-order valence-corrected chi connectivity index (χ3v) is 1.77. The van der Waals surface area contributed by atoms with E-state index in [9.17, 15) is 5.21 Å². The summed E-state index contributed by atoms with van der Waals surface area (Å²) in [5.74, 6) is 2.49. The summed E-state index contributed by atoms with van der Waals surface area (Å²) >= 11 is 0. The van der Waals surface area contributed by atoms with Gasteiger partial charge in [0.25, 0.3) is 0 Å². The summed E-state index contributed by atoms with van der Waals surface area (Å²) < 4.78 is 6.20. The third kappa shape index (κ3) is 3.29. The van der Waals surface area contributed by atoms with Gasteiger partial charge in [-0.3, -0.25) is 0 Å². The lowest BCUT2D eigenvalue weighted by Gasteiger charge is -2.36. The number of hydroxylamine groups is 3. The first-order valence-corrected chi connectivity index (χ1v) is 4.13. The second kappa shape index (κ2) is 4.08. The highest BCUT2D eigenvalue weighted by molar-refractivity contribution is 5.13. The number of hydrogen-bond acceptors (Lipinski definition) is 1. The van der Waals surface area contributed by atoms with E-state index in [0.717, 1.165) is 5.56 Å². The molecule has 0 amide bonds. The van der Waals surface area contributed by atoms with Gasteiger partial charge in [0.1, 0.15) is 14.5 Å². The summed E-state index contributed by atoms with van der Waals surface area (Å²) in [6.07, 6.45) is 1.99. The highest BCUT2D eigenvalue weighted by Gasteiger charge is 2.08. The van der Waals surface area contributed by atoms with Crippen molar-refractivity contribution in [2.75, 3.05) is 13.6 Å². The van der Waals surface area contributed by atoms with E-state index >= 15 is 0 Å². The van der Waals surface area contributed by atoms with Crippen LogP contribution in [0.2, 0.25) is 0 Å². The largest absolute Gasteiger partial charge is 0.632 e. The quantitative estimate of drug-likeness (QED) is 0.391. The van der Waals surface area contributed by atoms with Crippen LogP contribution >= 0.6 is 0 Å². The second-order valence-electron chi connectivity index (χ2n) is 3.28. The van der Waals surface area contributed by atoms with E-state index < -0.39 is 4.65 Å². The molecule has 1 aromatic carbocycles. The SMILES string of the molecule is [2H]C#CC[N+](C)([O-])Cc1ccccc1. The summed E-state index contributed by atoms with van der Waals surface area (Å²) in [5, 5.41) is 11.8. The summed E-state index contributed by atoms with van der Waals surface area (Å²) in [6, 6.07) is 9.57. The molecule has 1 unspecified atom stereocenters. The Balaban J connectivity index is 2.62. The number of hydrogen-bond donors (Lipinski definition) is 0. The monoisotopic (exact) mass is 176 g/mol. The van der Waals surface area contributed by atoms with E-state index in [1.54, 1.807) is 7.05 Å². The van der Waals surface area contributed by atoms with Crippen molar-refractivity contribution in [2.24, 2.45) is 0 Å². The number of benzene rings is 1. The Morgan fingerprint density at radius 2 is 2.23 bits per heavy atom. The van der Waals surface area contributed by atoms with Crippen LogP contribution in [-0.4, -0.2) is 18.2 Å². The van der Waals surface area contributed by atoms with Gasteiger partial charge in [0.15, 0.2) is 0 Å². The molecule has 0 spiro atoms. The van der Waals surface area contributed by atoms with Crippen LogP contribution in [0, 0.1) is 17.5 Å². The molecule has 1 atom stereocenters. The number of quaternary nitrogens is 1. The van der Waals surface area contributed by atoms with Gasteiger partial charge in [0, 0.05) is 5.56 Å². The van der Waals surface area contributed by atoms with Crippen molar-refractivity contribution in [1.82, 2.24) is 0 Å². The third-order valence-electron chi connectivity index (χ3n) is 1.77. The maximum atomic E-state index is 11.8. The zero-order valence-electron chi connectivity index (χ0n) is 8.66. The molecule has 0 radical (unpaired) electrons. The van der Waals surface area contributed by atoms with E-state index in [0.29, 0.717) is 6.54 Å². The molecule has 0 aromatic heterocycles. The highest BCUT2D eigenvalue weighted by Crippen LogP contribution is 2.08. The molecular weight excluding hydrogens is 162 g/mol. The average molecular weight is 176 g/mol. The molecular formula is C11H13NO. The summed E-state index contributed by atoms with van der Waals surface area (Å²) in [4.78, 5) is 0. The minimum Gasteiger partial charge on any atom is -0.632 e. The maximum Gasteiger partial charge on any atom is 0.140 e. The van der Waals surface area contributed by atoms with Crippen molar-refractivity contribution >= 4 is 0 Å². The van der Waals surface area contributed by atoms with Crippen LogP contribution in [0.15, 0.2) is 30.3 Å². The van der Waals surface area contributed by atoms with Gasteiger partial charge in [-0.05, 0) is 5.92 Å². The molecule has 68 valence electrons. The Hall–Kier alpha value is -1.30. The summed E-state index contributed by atoms with van der Waals surface area (Å²) in [7, 11) is 1.57. The molecule has 0 aliphatic heterocycles. The molecule has 0 fully saturated rings. The fraction of sp³-hybridized carbons (Fsp3) is 0.273. The van der Waals surface area contributed by atoms with Gasteiger partial charge in [-0.2, -0.15) is 0 Å². The van der Waals surface area contributed by atoms with Gasteiger partial charge in [-0.15, -0.1) is 6.40 Å². The minimum atomic E-state index is -0.449. The Morgan fingerprint density at radius 1 is 1.54 bits per heavy atom. The van der Waals surface area contributed by atoms with Crippen molar-refractivity contribution < 1.29 is 6.02 Å². The molecule has 2 nitrogen and oxygen atoms in total. The smallest absolute Gasteiger partial charge is 0.140 e. The van der Waals surface area contributed by atoms with Crippen LogP contribution in [0.5, 0.6) is 0 Å². The van der Waals surface area contributed by atoms with Crippen molar-refractivity contribution in [1.29, 1.82) is 0 Å². The van der Waals surface area contributed by atoms with E-state index in [2.05, 4.69) is 5.92 Å². The molecule has 0 saturated heterocycles. The van der Waals surface area contributed by atoms with Crippen LogP contribution in [0.25, 0.3) is 0 Å². The lowest BCUT2D eigenvalue weighted by atomic mass is 10.2. The zero-order valence-corrected chi connectivity index (χ0v) is 7.66. The van der Waals surface area contributed by atoms with E-state index in [1.165, 1.54) is 0 Å². The van der Waals surface area contributed by atoms with Crippen molar-refractivity contribution in [3.05, 3.63) is 41.1 Å². The Bertz CT molecular complexity index is 337. The first-order valence-electron chi connectivity index (χ1n) is 4.63. The van der Waals surface area contributed by atoms with Crippen LogP contribution in [0.1, 0.15) is 6.93 Å². The first kappa shape index (κ1) is 8.31. The molecule has 0 aliphatic rings. The summed E-state index contributed by atoms with van der Waals surface area (Å²) in [6.45, 7) is 0.563. The molecule has 1 rings (SSSR count). The predicted octanol–water partition coefficient (Wildman–Crippen LogP) is 1.76.